The number of aromatic nitrogens is 2. The molecule has 5 rings (SSSR count). The average Bonchev–Trinajstić information content (AvgIpc) is 3.47. The van der Waals surface area contributed by atoms with E-state index in [9.17, 15) is 4.79 Å². The van der Waals surface area contributed by atoms with Crippen LogP contribution in [0.3, 0.4) is 0 Å². The van der Waals surface area contributed by atoms with Gasteiger partial charge in [0.15, 0.2) is 17.3 Å². The molecule has 1 amide bonds. The number of benzene rings is 1. The molecule has 2 atom stereocenters. The largest absolute Gasteiger partial charge is 0.485 e. The summed E-state index contributed by atoms with van der Waals surface area (Å²) in [4.78, 5) is 20.1. The van der Waals surface area contributed by atoms with E-state index in [1.165, 1.54) is 0 Å². The van der Waals surface area contributed by atoms with Gasteiger partial charge in [0.25, 0.3) is 11.8 Å². The van der Waals surface area contributed by atoms with E-state index in [0.29, 0.717) is 36.3 Å². The van der Waals surface area contributed by atoms with E-state index in [1.54, 1.807) is 16.2 Å². The van der Waals surface area contributed by atoms with E-state index in [4.69, 9.17) is 14.0 Å². The first-order valence-electron chi connectivity index (χ1n) is 8.82. The van der Waals surface area contributed by atoms with E-state index in [-0.39, 0.29) is 18.4 Å². The normalized spacial score (nSPS) is 21.4. The molecule has 27 heavy (non-hydrogen) atoms. The van der Waals surface area contributed by atoms with Crippen molar-refractivity contribution in [1.82, 2.24) is 15.0 Å². The lowest BCUT2D eigenvalue weighted by atomic mass is 10.1. The van der Waals surface area contributed by atoms with Gasteiger partial charge in [-0.05, 0) is 30.0 Å². The smallest absolute Gasteiger partial charge is 0.267 e. The van der Waals surface area contributed by atoms with Crippen LogP contribution in [0.2, 0.25) is 0 Å². The van der Waals surface area contributed by atoms with Crippen molar-refractivity contribution in [3.63, 3.8) is 0 Å². The van der Waals surface area contributed by atoms with E-state index >= 15 is 0 Å². The number of rotatable bonds is 3. The highest BCUT2D eigenvalue weighted by atomic mass is 32.1. The Hall–Kier alpha value is -2.87. The van der Waals surface area contributed by atoms with Crippen molar-refractivity contribution in [3.8, 4) is 22.3 Å². The zero-order valence-electron chi connectivity index (χ0n) is 14.4. The second kappa shape index (κ2) is 6.70. The Labute approximate surface area is 159 Å². The van der Waals surface area contributed by atoms with Crippen molar-refractivity contribution in [2.24, 2.45) is 0 Å². The van der Waals surface area contributed by atoms with E-state index in [1.807, 2.05) is 41.8 Å². The van der Waals surface area contributed by atoms with Crippen LogP contribution < -0.4 is 9.47 Å². The maximum absolute atomic E-state index is 12.8. The Kier molecular flexibility index (Phi) is 4.05. The summed E-state index contributed by atoms with van der Waals surface area (Å²) >= 11 is 1.56. The molecule has 0 saturated carbocycles. The summed E-state index contributed by atoms with van der Waals surface area (Å²) in [5.74, 6) is 2.48. The number of nitrogens with zero attached hydrogens (tertiary/aromatic N) is 3. The van der Waals surface area contributed by atoms with Crippen molar-refractivity contribution in [2.45, 2.75) is 18.4 Å². The Morgan fingerprint density at radius 2 is 2.07 bits per heavy atom. The third-order valence-corrected chi connectivity index (χ3v) is 5.68. The Morgan fingerprint density at radius 1 is 1.19 bits per heavy atom. The summed E-state index contributed by atoms with van der Waals surface area (Å²) in [6.07, 6.45) is 0.185. The maximum Gasteiger partial charge on any atom is 0.267 e. The number of para-hydroxylation sites is 2. The molecule has 138 valence electrons. The first-order chi connectivity index (χ1) is 13.3. The molecule has 1 fully saturated rings. The lowest BCUT2D eigenvalue weighted by Crippen LogP contribution is -2.45. The number of ether oxygens (including phenoxy) is 2. The SMILES string of the molecule is O=C([C@@H]1COc2ccccc2O1)N1CC[C@H](c2noc(-c3cccs3)n2)C1. The predicted molar refractivity (Wildman–Crippen MR) is 97.9 cm³/mol. The molecule has 8 heteroatoms. The van der Waals surface area contributed by atoms with E-state index in [0.717, 1.165) is 11.3 Å². The number of thiophene rings is 1. The van der Waals surface area contributed by atoms with Gasteiger partial charge in [-0.2, -0.15) is 4.98 Å². The van der Waals surface area contributed by atoms with Crippen LogP contribution in [-0.2, 0) is 4.79 Å². The highest BCUT2D eigenvalue weighted by molar-refractivity contribution is 7.13. The molecule has 2 aliphatic heterocycles. The van der Waals surface area contributed by atoms with Gasteiger partial charge in [0, 0.05) is 19.0 Å². The van der Waals surface area contributed by atoms with Crippen LogP contribution in [0.4, 0.5) is 0 Å². The molecule has 0 unspecified atom stereocenters. The third kappa shape index (κ3) is 3.06. The summed E-state index contributed by atoms with van der Waals surface area (Å²) in [6.45, 7) is 1.43. The van der Waals surface area contributed by atoms with Crippen LogP contribution in [0.25, 0.3) is 10.8 Å². The number of hydrogen-bond donors (Lipinski definition) is 0. The Bertz CT molecular complexity index is 956. The lowest BCUT2D eigenvalue weighted by molar-refractivity contribution is -0.140. The molecular formula is C19H17N3O4S. The number of amides is 1. The first-order valence-corrected chi connectivity index (χ1v) is 9.70. The number of fused-ring (bicyclic) bond motifs is 1. The molecule has 2 aromatic heterocycles. The summed E-state index contributed by atoms with van der Waals surface area (Å²) in [5.41, 5.74) is 0. The summed E-state index contributed by atoms with van der Waals surface area (Å²) < 4.78 is 16.9. The second-order valence-electron chi connectivity index (χ2n) is 6.57. The molecule has 0 bridgehead atoms. The van der Waals surface area contributed by atoms with Crippen LogP contribution in [0.15, 0.2) is 46.3 Å². The molecule has 1 saturated heterocycles. The van der Waals surface area contributed by atoms with Crippen LogP contribution in [0.5, 0.6) is 11.5 Å². The summed E-state index contributed by atoms with van der Waals surface area (Å²) in [6, 6.07) is 11.3. The van der Waals surface area contributed by atoms with Crippen molar-refractivity contribution in [2.75, 3.05) is 19.7 Å². The van der Waals surface area contributed by atoms with Gasteiger partial charge in [0.1, 0.15) is 6.61 Å². The van der Waals surface area contributed by atoms with Gasteiger partial charge >= 0.3 is 0 Å². The molecule has 7 nitrogen and oxygen atoms in total. The van der Waals surface area contributed by atoms with Crippen molar-refractivity contribution < 1.29 is 18.8 Å². The predicted octanol–water partition coefficient (Wildman–Crippen LogP) is 2.95. The minimum absolute atomic E-state index is 0.0611. The van der Waals surface area contributed by atoms with Gasteiger partial charge in [0.2, 0.25) is 6.10 Å². The van der Waals surface area contributed by atoms with Gasteiger partial charge in [-0.1, -0.05) is 23.4 Å². The van der Waals surface area contributed by atoms with Crippen molar-refractivity contribution in [3.05, 3.63) is 47.6 Å². The minimum atomic E-state index is -0.620. The Morgan fingerprint density at radius 3 is 2.93 bits per heavy atom. The second-order valence-corrected chi connectivity index (χ2v) is 7.52. The quantitative estimate of drug-likeness (QED) is 0.692. The zero-order valence-corrected chi connectivity index (χ0v) is 15.2. The highest BCUT2D eigenvalue weighted by Crippen LogP contribution is 2.33. The molecule has 1 aromatic carbocycles. The van der Waals surface area contributed by atoms with Gasteiger partial charge in [-0.15, -0.1) is 11.3 Å². The fourth-order valence-electron chi connectivity index (χ4n) is 3.42. The molecular weight excluding hydrogens is 366 g/mol. The fourth-order valence-corrected chi connectivity index (χ4v) is 4.06. The summed E-state index contributed by atoms with van der Waals surface area (Å²) in [5, 5.41) is 6.09. The van der Waals surface area contributed by atoms with Crippen molar-refractivity contribution >= 4 is 17.2 Å². The summed E-state index contributed by atoms with van der Waals surface area (Å²) in [7, 11) is 0. The molecule has 4 heterocycles. The minimum Gasteiger partial charge on any atom is -0.485 e. The van der Waals surface area contributed by atoms with Gasteiger partial charge < -0.3 is 18.9 Å². The monoisotopic (exact) mass is 383 g/mol. The van der Waals surface area contributed by atoms with Crippen molar-refractivity contribution in [1.29, 1.82) is 0 Å². The fraction of sp³-hybridized carbons (Fsp3) is 0.316. The molecule has 2 aliphatic rings. The van der Waals surface area contributed by atoms with Gasteiger partial charge in [0.05, 0.1) is 4.88 Å². The average molecular weight is 383 g/mol. The zero-order chi connectivity index (χ0) is 18.2. The highest BCUT2D eigenvalue weighted by Gasteiger charge is 2.36. The molecule has 0 radical (unpaired) electrons. The number of carbonyl (C=O) groups is 1. The van der Waals surface area contributed by atoms with Crippen LogP contribution >= 0.6 is 11.3 Å². The van der Waals surface area contributed by atoms with E-state index < -0.39 is 6.10 Å². The van der Waals surface area contributed by atoms with Crippen LogP contribution in [-0.4, -0.2) is 46.7 Å². The molecule has 0 spiro atoms. The standard InChI is InChI=1S/C19H17N3O4S/c23-19(15-11-24-13-4-1-2-5-14(13)25-15)22-8-7-12(10-22)17-20-18(26-21-17)16-6-3-9-27-16/h1-6,9,12,15H,7-8,10-11H2/t12-,15-/m0/s1. The lowest BCUT2D eigenvalue weighted by Gasteiger charge is -2.28. The maximum atomic E-state index is 12.8. The first kappa shape index (κ1) is 16.3. The van der Waals surface area contributed by atoms with Gasteiger partial charge in [-0.3, -0.25) is 4.79 Å². The molecule has 0 aliphatic carbocycles. The number of likely N-dealkylation sites (tertiary alicyclic amines) is 1. The topological polar surface area (TPSA) is 77.7 Å². The van der Waals surface area contributed by atoms with Crippen LogP contribution in [0, 0.1) is 0 Å². The third-order valence-electron chi connectivity index (χ3n) is 4.82. The van der Waals surface area contributed by atoms with Crippen LogP contribution in [0.1, 0.15) is 18.2 Å². The molecule has 3 aromatic rings. The Balaban J connectivity index is 1.25. The number of hydrogen-bond acceptors (Lipinski definition) is 7. The number of carbonyl (C=O) groups excluding carboxylic acids is 1. The van der Waals surface area contributed by atoms with Gasteiger partial charge in [-0.25, -0.2) is 0 Å². The molecule has 0 N–H and O–H groups in total. The van der Waals surface area contributed by atoms with E-state index in [2.05, 4.69) is 10.1 Å².